The Hall–Kier alpha value is -2.27. The van der Waals surface area contributed by atoms with E-state index in [1.54, 1.807) is 13.0 Å². The van der Waals surface area contributed by atoms with Crippen molar-refractivity contribution in [1.82, 2.24) is 0 Å². The van der Waals surface area contributed by atoms with Crippen LogP contribution >= 0.6 is 11.6 Å². The van der Waals surface area contributed by atoms with Gasteiger partial charge in [-0.15, -0.1) is 0 Å². The smallest absolute Gasteiger partial charge is 0.337 e. The zero-order valence-corrected chi connectivity index (χ0v) is 11.2. The van der Waals surface area contributed by atoms with Crippen LogP contribution in [0.3, 0.4) is 0 Å². The number of halogens is 2. The third kappa shape index (κ3) is 2.83. The molecule has 2 aromatic rings. The van der Waals surface area contributed by atoms with Crippen molar-refractivity contribution in [3.05, 3.63) is 52.3 Å². The number of aryl methyl sites for hydroxylation is 1. The summed E-state index contributed by atoms with van der Waals surface area (Å²) in [7, 11) is 0. The minimum absolute atomic E-state index is 0.0480. The SMILES string of the molecule is Cc1cc(Oc2ccc(F)c(Cl)c2)cc(C(=O)O)c1N. The minimum atomic E-state index is -1.15. The van der Waals surface area contributed by atoms with E-state index in [0.717, 1.165) is 0 Å². The molecule has 0 atom stereocenters. The number of nitrogens with two attached hydrogens (primary N) is 1. The van der Waals surface area contributed by atoms with Crippen LogP contribution in [0.4, 0.5) is 10.1 Å². The summed E-state index contributed by atoms with van der Waals surface area (Å²) < 4.78 is 18.5. The average Bonchev–Trinajstić information content (AvgIpc) is 2.37. The molecular formula is C14H11ClFNO3. The Bertz CT molecular complexity index is 688. The first-order valence-electron chi connectivity index (χ1n) is 5.65. The Morgan fingerprint density at radius 3 is 2.60 bits per heavy atom. The van der Waals surface area contributed by atoms with E-state index in [0.29, 0.717) is 11.3 Å². The lowest BCUT2D eigenvalue weighted by Gasteiger charge is -2.11. The van der Waals surface area contributed by atoms with E-state index in [1.165, 1.54) is 24.3 Å². The molecule has 0 aliphatic heterocycles. The zero-order valence-electron chi connectivity index (χ0n) is 10.5. The van der Waals surface area contributed by atoms with Gasteiger partial charge in [0.05, 0.1) is 10.6 Å². The summed E-state index contributed by atoms with van der Waals surface area (Å²) in [5.74, 6) is -1.11. The van der Waals surface area contributed by atoms with E-state index < -0.39 is 11.8 Å². The second-order valence-corrected chi connectivity index (χ2v) is 4.59. The summed E-state index contributed by atoms with van der Waals surface area (Å²) in [6.45, 7) is 1.67. The minimum Gasteiger partial charge on any atom is -0.478 e. The van der Waals surface area contributed by atoms with E-state index in [-0.39, 0.29) is 22.0 Å². The van der Waals surface area contributed by atoms with Gasteiger partial charge in [-0.2, -0.15) is 0 Å². The van der Waals surface area contributed by atoms with Gasteiger partial charge in [-0.3, -0.25) is 0 Å². The number of hydrogen-bond donors (Lipinski definition) is 2. The van der Waals surface area contributed by atoms with Crippen LogP contribution in [0.25, 0.3) is 0 Å². The molecule has 0 fully saturated rings. The van der Waals surface area contributed by atoms with E-state index in [9.17, 15) is 9.18 Å². The van der Waals surface area contributed by atoms with Crippen LogP contribution in [0.1, 0.15) is 15.9 Å². The first-order valence-corrected chi connectivity index (χ1v) is 6.02. The number of carboxylic acid groups (broad SMARTS) is 1. The normalized spacial score (nSPS) is 10.3. The molecule has 0 bridgehead atoms. The van der Waals surface area contributed by atoms with Crippen LogP contribution in [0, 0.1) is 12.7 Å². The third-order valence-electron chi connectivity index (χ3n) is 2.72. The molecule has 0 aromatic heterocycles. The molecule has 0 saturated heterocycles. The Balaban J connectivity index is 2.38. The van der Waals surface area contributed by atoms with Crippen molar-refractivity contribution >= 4 is 23.3 Å². The number of anilines is 1. The van der Waals surface area contributed by atoms with E-state index in [4.69, 9.17) is 27.2 Å². The molecule has 0 amide bonds. The Morgan fingerprint density at radius 1 is 1.30 bits per heavy atom. The summed E-state index contributed by atoms with van der Waals surface area (Å²) >= 11 is 5.65. The van der Waals surface area contributed by atoms with Crippen LogP contribution in [0.5, 0.6) is 11.5 Å². The number of ether oxygens (including phenoxy) is 1. The number of hydrogen-bond acceptors (Lipinski definition) is 3. The molecule has 4 nitrogen and oxygen atoms in total. The standard InChI is InChI=1S/C14H11ClFNO3/c1-7-4-9(5-10(13(7)17)14(18)19)20-8-2-3-12(16)11(15)6-8/h2-6H,17H2,1H3,(H,18,19). The lowest BCUT2D eigenvalue weighted by molar-refractivity contribution is 0.0697. The molecule has 6 heteroatoms. The zero-order chi connectivity index (χ0) is 14.9. The second-order valence-electron chi connectivity index (χ2n) is 4.18. The molecule has 0 aliphatic rings. The quantitative estimate of drug-likeness (QED) is 0.843. The van der Waals surface area contributed by atoms with Crippen molar-refractivity contribution in [2.75, 3.05) is 5.73 Å². The maximum atomic E-state index is 13.0. The van der Waals surface area contributed by atoms with Gasteiger partial charge in [0.25, 0.3) is 0 Å². The van der Waals surface area contributed by atoms with Gasteiger partial charge in [0, 0.05) is 11.8 Å². The Labute approximate surface area is 119 Å². The van der Waals surface area contributed by atoms with Crippen molar-refractivity contribution in [3.63, 3.8) is 0 Å². The lowest BCUT2D eigenvalue weighted by Crippen LogP contribution is -2.04. The molecular weight excluding hydrogens is 285 g/mol. The van der Waals surface area contributed by atoms with E-state index >= 15 is 0 Å². The molecule has 0 saturated carbocycles. The monoisotopic (exact) mass is 295 g/mol. The van der Waals surface area contributed by atoms with Crippen molar-refractivity contribution in [1.29, 1.82) is 0 Å². The first-order chi connectivity index (χ1) is 9.38. The van der Waals surface area contributed by atoms with Gasteiger partial charge >= 0.3 is 5.97 Å². The van der Waals surface area contributed by atoms with Gasteiger partial charge in [-0.1, -0.05) is 11.6 Å². The highest BCUT2D eigenvalue weighted by atomic mass is 35.5. The summed E-state index contributed by atoms with van der Waals surface area (Å²) in [5, 5.41) is 8.98. The molecule has 0 spiro atoms. The first kappa shape index (κ1) is 14.1. The lowest BCUT2D eigenvalue weighted by atomic mass is 10.1. The summed E-state index contributed by atoms with van der Waals surface area (Å²) in [5.41, 5.74) is 6.39. The van der Waals surface area contributed by atoms with Crippen molar-refractivity contribution in [3.8, 4) is 11.5 Å². The fourth-order valence-corrected chi connectivity index (χ4v) is 1.85. The Kier molecular flexibility index (Phi) is 3.81. The maximum absolute atomic E-state index is 13.0. The molecule has 20 heavy (non-hydrogen) atoms. The van der Waals surface area contributed by atoms with Crippen LogP contribution < -0.4 is 10.5 Å². The van der Waals surface area contributed by atoms with Gasteiger partial charge in [-0.05, 0) is 36.8 Å². The number of nitrogen functional groups attached to an aromatic ring is 1. The number of rotatable bonds is 3. The van der Waals surface area contributed by atoms with Gasteiger partial charge in [-0.25, -0.2) is 9.18 Å². The highest BCUT2D eigenvalue weighted by Crippen LogP contribution is 2.30. The van der Waals surface area contributed by atoms with Crippen LogP contribution in [-0.2, 0) is 0 Å². The fourth-order valence-electron chi connectivity index (χ4n) is 1.68. The van der Waals surface area contributed by atoms with Gasteiger partial charge in [0.15, 0.2) is 0 Å². The number of benzene rings is 2. The second kappa shape index (κ2) is 5.38. The maximum Gasteiger partial charge on any atom is 0.337 e. The number of carboxylic acids is 1. The van der Waals surface area contributed by atoms with Gasteiger partial charge in [0.1, 0.15) is 17.3 Å². The summed E-state index contributed by atoms with van der Waals surface area (Å²) in [6.07, 6.45) is 0. The van der Waals surface area contributed by atoms with E-state index in [1.807, 2.05) is 0 Å². The van der Waals surface area contributed by atoms with Gasteiger partial charge in [0.2, 0.25) is 0 Å². The van der Waals surface area contributed by atoms with Crippen molar-refractivity contribution in [2.45, 2.75) is 6.92 Å². The largest absolute Gasteiger partial charge is 0.478 e. The molecule has 104 valence electrons. The van der Waals surface area contributed by atoms with Crippen LogP contribution in [0.2, 0.25) is 5.02 Å². The van der Waals surface area contributed by atoms with E-state index in [2.05, 4.69) is 0 Å². The summed E-state index contributed by atoms with van der Waals surface area (Å²) in [4.78, 5) is 11.1. The fraction of sp³-hybridized carbons (Fsp3) is 0.0714. The van der Waals surface area contributed by atoms with Crippen molar-refractivity contribution in [2.24, 2.45) is 0 Å². The predicted molar refractivity (Wildman–Crippen MR) is 74.0 cm³/mol. The molecule has 0 aliphatic carbocycles. The highest BCUT2D eigenvalue weighted by Gasteiger charge is 2.13. The molecule has 2 rings (SSSR count). The Morgan fingerprint density at radius 2 is 2.00 bits per heavy atom. The third-order valence-corrected chi connectivity index (χ3v) is 3.01. The molecule has 3 N–H and O–H groups in total. The number of carbonyl (C=O) groups is 1. The van der Waals surface area contributed by atoms with Crippen LogP contribution in [0.15, 0.2) is 30.3 Å². The summed E-state index contributed by atoms with van der Waals surface area (Å²) in [6, 6.07) is 6.78. The molecule has 0 heterocycles. The molecule has 0 unspecified atom stereocenters. The molecule has 0 radical (unpaired) electrons. The van der Waals surface area contributed by atoms with Crippen molar-refractivity contribution < 1.29 is 19.0 Å². The number of aromatic carboxylic acids is 1. The topological polar surface area (TPSA) is 72.5 Å². The molecule has 2 aromatic carbocycles. The van der Waals surface area contributed by atoms with Gasteiger partial charge < -0.3 is 15.6 Å². The predicted octanol–water partition coefficient (Wildman–Crippen LogP) is 3.86. The highest BCUT2D eigenvalue weighted by molar-refractivity contribution is 6.30. The average molecular weight is 296 g/mol. The van der Waals surface area contributed by atoms with Crippen LogP contribution in [-0.4, -0.2) is 11.1 Å².